The van der Waals surface area contributed by atoms with Crippen LogP contribution in [-0.4, -0.2) is 30.2 Å². The minimum atomic E-state index is -0.296. The van der Waals surface area contributed by atoms with Gasteiger partial charge >= 0.3 is 0 Å². The maximum Gasteiger partial charge on any atom is 0.257 e. The van der Waals surface area contributed by atoms with Gasteiger partial charge in [0.2, 0.25) is 0 Å². The van der Waals surface area contributed by atoms with Crippen LogP contribution in [0.25, 0.3) is 10.9 Å². The van der Waals surface area contributed by atoms with E-state index in [2.05, 4.69) is 31.5 Å². The van der Waals surface area contributed by atoms with E-state index in [4.69, 9.17) is 26.4 Å². The second-order valence-corrected chi connectivity index (χ2v) is 8.40. The highest BCUT2D eigenvalue weighted by molar-refractivity contribution is 9.10. The van der Waals surface area contributed by atoms with Crippen molar-refractivity contribution in [3.05, 3.63) is 83.0 Å². The Hall–Kier alpha value is -3.69. The zero-order valence-electron chi connectivity index (χ0n) is 18.3. The van der Waals surface area contributed by atoms with E-state index in [9.17, 15) is 4.79 Å². The highest BCUT2D eigenvalue weighted by Gasteiger charge is 2.12. The number of aromatic nitrogens is 1. The number of carbonyl (C=O) groups excluding carboxylic acids is 1. The van der Waals surface area contributed by atoms with Crippen LogP contribution in [0.1, 0.15) is 10.4 Å². The molecule has 9 heteroatoms. The van der Waals surface area contributed by atoms with Gasteiger partial charge in [-0.1, -0.05) is 22.0 Å². The van der Waals surface area contributed by atoms with Crippen molar-refractivity contribution in [2.75, 3.05) is 19.5 Å². The molecule has 4 aromatic rings. The monoisotopic (exact) mass is 537 g/mol. The molecule has 4 rings (SSSR count). The molecule has 0 bridgehead atoms. The van der Waals surface area contributed by atoms with E-state index in [0.29, 0.717) is 34.2 Å². The van der Waals surface area contributed by atoms with E-state index >= 15 is 0 Å². The Morgan fingerprint density at radius 1 is 0.941 bits per heavy atom. The quantitative estimate of drug-likeness (QED) is 0.295. The molecule has 0 aliphatic rings. The number of benzene rings is 3. The Morgan fingerprint density at radius 2 is 1.68 bits per heavy atom. The van der Waals surface area contributed by atoms with Gasteiger partial charge in [0.15, 0.2) is 16.6 Å². The van der Waals surface area contributed by atoms with Crippen molar-refractivity contribution in [1.29, 1.82) is 0 Å². The molecule has 172 valence electrons. The standard InChI is InChI=1S/C25H20BrN3O4S/c1-31-22-13-19-20(14-23(22)32-2)27-11-10-21(19)33-18-8-6-17(7-9-18)28-25(34)29-24(30)15-4-3-5-16(26)12-15/h3-14H,1-2H3,(H2,28,29,30,34). The molecule has 7 nitrogen and oxygen atoms in total. The molecule has 0 atom stereocenters. The van der Waals surface area contributed by atoms with Gasteiger partial charge < -0.3 is 19.5 Å². The van der Waals surface area contributed by atoms with Gasteiger partial charge in [0.05, 0.1) is 19.7 Å². The van der Waals surface area contributed by atoms with Crippen LogP contribution in [0.15, 0.2) is 77.4 Å². The molecular formula is C25H20BrN3O4S. The zero-order valence-corrected chi connectivity index (χ0v) is 20.7. The molecule has 0 unspecified atom stereocenters. The fourth-order valence-corrected chi connectivity index (χ4v) is 3.85. The summed E-state index contributed by atoms with van der Waals surface area (Å²) in [5.74, 6) is 2.14. The van der Waals surface area contributed by atoms with Gasteiger partial charge in [-0.25, -0.2) is 0 Å². The number of fused-ring (bicyclic) bond motifs is 1. The molecule has 1 heterocycles. The number of hydrogen-bond donors (Lipinski definition) is 2. The van der Waals surface area contributed by atoms with Crippen LogP contribution in [0.5, 0.6) is 23.0 Å². The largest absolute Gasteiger partial charge is 0.493 e. The second-order valence-electron chi connectivity index (χ2n) is 7.08. The number of thiocarbonyl (C=S) groups is 1. The average Bonchev–Trinajstić information content (AvgIpc) is 2.84. The molecule has 0 aliphatic heterocycles. The van der Waals surface area contributed by atoms with Crippen LogP contribution in [0, 0.1) is 0 Å². The molecule has 2 N–H and O–H groups in total. The van der Waals surface area contributed by atoms with E-state index in [-0.39, 0.29) is 11.0 Å². The van der Waals surface area contributed by atoms with Crippen LogP contribution in [0.3, 0.4) is 0 Å². The Labute approximate surface area is 210 Å². The Kier molecular flexibility index (Phi) is 7.24. The van der Waals surface area contributed by atoms with Crippen LogP contribution in [-0.2, 0) is 0 Å². The first-order valence-electron chi connectivity index (χ1n) is 10.1. The van der Waals surface area contributed by atoms with Gasteiger partial charge in [0.1, 0.15) is 11.5 Å². The first-order chi connectivity index (χ1) is 16.5. The van der Waals surface area contributed by atoms with Gasteiger partial charge in [-0.3, -0.25) is 15.1 Å². The Bertz CT molecular complexity index is 1360. The van der Waals surface area contributed by atoms with Crippen molar-refractivity contribution in [3.8, 4) is 23.0 Å². The molecule has 0 radical (unpaired) electrons. The average molecular weight is 538 g/mol. The summed E-state index contributed by atoms with van der Waals surface area (Å²) in [6.45, 7) is 0. The van der Waals surface area contributed by atoms with Gasteiger partial charge in [-0.2, -0.15) is 0 Å². The molecule has 0 aliphatic carbocycles. The maximum absolute atomic E-state index is 12.3. The first kappa shape index (κ1) is 23.5. The van der Waals surface area contributed by atoms with Crippen molar-refractivity contribution in [2.45, 2.75) is 0 Å². The number of amides is 1. The predicted molar refractivity (Wildman–Crippen MR) is 139 cm³/mol. The van der Waals surface area contributed by atoms with Crippen molar-refractivity contribution < 1.29 is 19.0 Å². The molecule has 1 amide bonds. The first-order valence-corrected chi connectivity index (χ1v) is 11.3. The summed E-state index contributed by atoms with van der Waals surface area (Å²) in [6, 6.07) is 19.7. The third kappa shape index (κ3) is 5.44. The summed E-state index contributed by atoms with van der Waals surface area (Å²) >= 11 is 8.62. The van der Waals surface area contributed by atoms with E-state index in [1.165, 1.54) is 0 Å². The summed E-state index contributed by atoms with van der Waals surface area (Å²) < 4.78 is 17.7. The molecule has 0 spiro atoms. The molecule has 3 aromatic carbocycles. The smallest absolute Gasteiger partial charge is 0.257 e. The van der Waals surface area contributed by atoms with Crippen molar-refractivity contribution in [3.63, 3.8) is 0 Å². The fourth-order valence-electron chi connectivity index (χ4n) is 3.24. The van der Waals surface area contributed by atoms with E-state index in [1.54, 1.807) is 75.0 Å². The highest BCUT2D eigenvalue weighted by Crippen LogP contribution is 2.36. The fraction of sp³-hybridized carbons (Fsp3) is 0.0800. The molecule has 34 heavy (non-hydrogen) atoms. The summed E-state index contributed by atoms with van der Waals surface area (Å²) in [6.07, 6.45) is 1.67. The van der Waals surface area contributed by atoms with Gasteiger partial charge in [-0.15, -0.1) is 0 Å². The number of nitrogens with one attached hydrogen (secondary N) is 2. The van der Waals surface area contributed by atoms with Crippen molar-refractivity contribution >= 4 is 55.8 Å². The van der Waals surface area contributed by atoms with Gasteiger partial charge in [-0.05, 0) is 66.8 Å². The van der Waals surface area contributed by atoms with Crippen LogP contribution in [0.2, 0.25) is 0 Å². The van der Waals surface area contributed by atoms with Crippen molar-refractivity contribution in [1.82, 2.24) is 10.3 Å². The van der Waals surface area contributed by atoms with Crippen LogP contribution >= 0.6 is 28.1 Å². The number of nitrogens with zero attached hydrogens (tertiary/aromatic N) is 1. The molecule has 1 aromatic heterocycles. The van der Waals surface area contributed by atoms with Crippen LogP contribution < -0.4 is 24.8 Å². The molecule has 0 saturated heterocycles. The SMILES string of the molecule is COc1cc2nccc(Oc3ccc(NC(=S)NC(=O)c4cccc(Br)c4)cc3)c2cc1OC. The van der Waals surface area contributed by atoms with E-state index in [1.807, 2.05) is 12.1 Å². The summed E-state index contributed by atoms with van der Waals surface area (Å²) in [7, 11) is 3.16. The Balaban J connectivity index is 1.44. The predicted octanol–water partition coefficient (Wildman–Crippen LogP) is 5.93. The molecular weight excluding hydrogens is 518 g/mol. The molecule has 0 fully saturated rings. The number of anilines is 1. The molecule has 0 saturated carbocycles. The number of hydrogen-bond acceptors (Lipinski definition) is 6. The Morgan fingerprint density at radius 3 is 2.38 bits per heavy atom. The lowest BCUT2D eigenvalue weighted by atomic mass is 10.2. The lowest BCUT2D eigenvalue weighted by Crippen LogP contribution is -2.34. The van der Waals surface area contributed by atoms with Gasteiger partial charge in [0, 0.05) is 33.4 Å². The maximum atomic E-state index is 12.3. The number of methoxy groups -OCH3 is 2. The number of ether oxygens (including phenoxy) is 3. The minimum Gasteiger partial charge on any atom is -0.493 e. The second kappa shape index (κ2) is 10.5. The lowest BCUT2D eigenvalue weighted by Gasteiger charge is -2.13. The number of rotatable bonds is 6. The van der Waals surface area contributed by atoms with E-state index in [0.717, 1.165) is 15.4 Å². The van der Waals surface area contributed by atoms with Gasteiger partial charge in [0.25, 0.3) is 5.91 Å². The normalized spacial score (nSPS) is 10.4. The summed E-state index contributed by atoms with van der Waals surface area (Å²) in [5.41, 5.74) is 1.93. The zero-order chi connectivity index (χ0) is 24.1. The number of carbonyl (C=O) groups is 1. The summed E-state index contributed by atoms with van der Waals surface area (Å²) in [4.78, 5) is 16.7. The number of halogens is 1. The van der Waals surface area contributed by atoms with Crippen molar-refractivity contribution in [2.24, 2.45) is 0 Å². The third-order valence-electron chi connectivity index (χ3n) is 4.86. The lowest BCUT2D eigenvalue weighted by molar-refractivity contribution is 0.0977. The minimum absolute atomic E-state index is 0.194. The topological polar surface area (TPSA) is 81.7 Å². The number of pyridine rings is 1. The highest BCUT2D eigenvalue weighted by atomic mass is 79.9. The third-order valence-corrected chi connectivity index (χ3v) is 5.56. The van der Waals surface area contributed by atoms with E-state index < -0.39 is 0 Å². The summed E-state index contributed by atoms with van der Waals surface area (Å²) in [5, 5.41) is 6.65. The van der Waals surface area contributed by atoms with Crippen LogP contribution in [0.4, 0.5) is 5.69 Å².